The van der Waals surface area contributed by atoms with Gasteiger partial charge in [-0.2, -0.15) is 0 Å². The number of nitrogens with one attached hydrogen (secondary N) is 2. The van der Waals surface area contributed by atoms with Gasteiger partial charge in [-0.05, 0) is 42.3 Å². The van der Waals surface area contributed by atoms with E-state index in [9.17, 15) is 9.18 Å². The van der Waals surface area contributed by atoms with E-state index in [-0.39, 0.29) is 17.6 Å². The van der Waals surface area contributed by atoms with E-state index >= 15 is 0 Å². The SMILES string of the molecule is O=C(NCC[C@H](c1ccc(F)cc1)c1ccco1)c1cc[nH]c1. The summed E-state index contributed by atoms with van der Waals surface area (Å²) in [6.07, 6.45) is 5.64. The molecule has 2 N–H and O–H groups in total. The van der Waals surface area contributed by atoms with Gasteiger partial charge in [0.1, 0.15) is 11.6 Å². The number of rotatable bonds is 6. The molecular weight excluding hydrogens is 295 g/mol. The van der Waals surface area contributed by atoms with Gasteiger partial charge in [-0.15, -0.1) is 0 Å². The molecule has 0 saturated heterocycles. The highest BCUT2D eigenvalue weighted by molar-refractivity contribution is 5.93. The molecule has 0 saturated carbocycles. The predicted octanol–water partition coefficient (Wildman–Crippen LogP) is 3.70. The number of hydrogen-bond donors (Lipinski definition) is 2. The number of aromatic nitrogens is 1. The smallest absolute Gasteiger partial charge is 0.252 e. The standard InChI is InChI=1S/C18H17FN2O2/c19-15-5-3-13(4-6-15)16(17-2-1-11-23-17)8-10-21-18(22)14-7-9-20-12-14/h1-7,9,11-12,16,20H,8,10H2,(H,21,22)/t16-/m1/s1. The van der Waals surface area contributed by atoms with Gasteiger partial charge >= 0.3 is 0 Å². The summed E-state index contributed by atoms with van der Waals surface area (Å²) in [5.41, 5.74) is 1.55. The molecule has 23 heavy (non-hydrogen) atoms. The molecule has 3 rings (SSSR count). The fourth-order valence-electron chi connectivity index (χ4n) is 2.56. The number of benzene rings is 1. The third-order valence-electron chi connectivity index (χ3n) is 3.74. The van der Waals surface area contributed by atoms with Gasteiger partial charge in [0.25, 0.3) is 5.91 Å². The molecule has 0 aliphatic heterocycles. The van der Waals surface area contributed by atoms with E-state index in [1.165, 1.54) is 12.1 Å². The number of halogens is 1. The van der Waals surface area contributed by atoms with Crippen LogP contribution >= 0.6 is 0 Å². The van der Waals surface area contributed by atoms with Crippen molar-refractivity contribution in [2.75, 3.05) is 6.54 Å². The fraction of sp³-hybridized carbons (Fsp3) is 0.167. The average Bonchev–Trinajstić information content (AvgIpc) is 3.26. The quantitative estimate of drug-likeness (QED) is 0.729. The van der Waals surface area contributed by atoms with Crippen LogP contribution in [0.3, 0.4) is 0 Å². The third kappa shape index (κ3) is 3.69. The van der Waals surface area contributed by atoms with Gasteiger partial charge in [0.2, 0.25) is 0 Å². The molecule has 1 aromatic carbocycles. The summed E-state index contributed by atoms with van der Waals surface area (Å²) in [5.74, 6) is 0.376. The number of carbonyl (C=O) groups is 1. The van der Waals surface area contributed by atoms with Gasteiger partial charge < -0.3 is 14.7 Å². The van der Waals surface area contributed by atoms with Crippen LogP contribution in [0.15, 0.2) is 65.5 Å². The zero-order valence-corrected chi connectivity index (χ0v) is 12.5. The summed E-state index contributed by atoms with van der Waals surface area (Å²) in [6.45, 7) is 0.493. The highest BCUT2D eigenvalue weighted by Gasteiger charge is 2.17. The highest BCUT2D eigenvalue weighted by Crippen LogP contribution is 2.28. The Morgan fingerprint density at radius 2 is 2.04 bits per heavy atom. The number of furan rings is 1. The summed E-state index contributed by atoms with van der Waals surface area (Å²) >= 11 is 0. The van der Waals surface area contributed by atoms with Crippen LogP contribution in [0.25, 0.3) is 0 Å². The number of aromatic amines is 1. The third-order valence-corrected chi connectivity index (χ3v) is 3.74. The van der Waals surface area contributed by atoms with Gasteiger partial charge in [0, 0.05) is 24.9 Å². The fourth-order valence-corrected chi connectivity index (χ4v) is 2.56. The molecule has 2 aromatic heterocycles. The molecule has 4 nitrogen and oxygen atoms in total. The summed E-state index contributed by atoms with van der Waals surface area (Å²) < 4.78 is 18.6. The Morgan fingerprint density at radius 1 is 1.22 bits per heavy atom. The maximum atomic E-state index is 13.1. The molecule has 2 heterocycles. The van der Waals surface area contributed by atoms with Crippen LogP contribution in [-0.4, -0.2) is 17.4 Å². The van der Waals surface area contributed by atoms with Gasteiger partial charge in [-0.25, -0.2) is 4.39 Å². The van der Waals surface area contributed by atoms with E-state index in [4.69, 9.17) is 4.42 Å². The van der Waals surface area contributed by atoms with Gasteiger partial charge in [-0.3, -0.25) is 4.79 Å². The predicted molar refractivity (Wildman–Crippen MR) is 84.7 cm³/mol. The Kier molecular flexibility index (Phi) is 4.57. The van der Waals surface area contributed by atoms with Crippen LogP contribution in [0.1, 0.15) is 34.0 Å². The monoisotopic (exact) mass is 312 g/mol. The van der Waals surface area contributed by atoms with Crippen molar-refractivity contribution in [2.24, 2.45) is 0 Å². The lowest BCUT2D eigenvalue weighted by atomic mass is 9.93. The van der Waals surface area contributed by atoms with Crippen molar-refractivity contribution in [3.63, 3.8) is 0 Å². The molecule has 1 atom stereocenters. The first kappa shape index (κ1) is 15.1. The minimum Gasteiger partial charge on any atom is -0.469 e. The van der Waals surface area contributed by atoms with Crippen molar-refractivity contribution in [1.29, 1.82) is 0 Å². The minimum absolute atomic E-state index is 0.0304. The molecule has 118 valence electrons. The van der Waals surface area contributed by atoms with Crippen LogP contribution < -0.4 is 5.32 Å². The molecule has 0 aliphatic rings. The second-order valence-electron chi connectivity index (χ2n) is 5.26. The first-order valence-corrected chi connectivity index (χ1v) is 7.44. The van der Waals surface area contributed by atoms with Gasteiger partial charge in [0.05, 0.1) is 11.8 Å². The molecule has 1 amide bonds. The largest absolute Gasteiger partial charge is 0.469 e. The van der Waals surface area contributed by atoms with Crippen LogP contribution in [0.5, 0.6) is 0 Å². The van der Waals surface area contributed by atoms with E-state index in [1.54, 1.807) is 36.9 Å². The Labute approximate surface area is 133 Å². The summed E-state index contributed by atoms with van der Waals surface area (Å²) in [6, 6.07) is 11.8. The highest BCUT2D eigenvalue weighted by atomic mass is 19.1. The second kappa shape index (κ2) is 6.96. The van der Waals surface area contributed by atoms with E-state index < -0.39 is 0 Å². The zero-order valence-electron chi connectivity index (χ0n) is 12.5. The molecule has 0 spiro atoms. The van der Waals surface area contributed by atoms with Crippen molar-refractivity contribution in [2.45, 2.75) is 12.3 Å². The van der Waals surface area contributed by atoms with Gasteiger partial charge in [0.15, 0.2) is 0 Å². The number of amides is 1. The van der Waals surface area contributed by atoms with Crippen LogP contribution in [0.4, 0.5) is 4.39 Å². The normalized spacial score (nSPS) is 12.0. The average molecular weight is 312 g/mol. The number of carbonyl (C=O) groups excluding carboxylic acids is 1. The molecule has 5 heteroatoms. The maximum Gasteiger partial charge on any atom is 0.252 e. The Hall–Kier alpha value is -2.82. The van der Waals surface area contributed by atoms with E-state index in [0.29, 0.717) is 18.5 Å². The second-order valence-corrected chi connectivity index (χ2v) is 5.26. The zero-order chi connectivity index (χ0) is 16.1. The van der Waals surface area contributed by atoms with Gasteiger partial charge in [-0.1, -0.05) is 12.1 Å². The van der Waals surface area contributed by atoms with Crippen LogP contribution in [0.2, 0.25) is 0 Å². The van der Waals surface area contributed by atoms with Crippen LogP contribution in [-0.2, 0) is 0 Å². The molecule has 0 fully saturated rings. The number of H-pyrrole nitrogens is 1. The van der Waals surface area contributed by atoms with E-state index in [0.717, 1.165) is 11.3 Å². The molecular formula is C18H17FN2O2. The molecule has 0 bridgehead atoms. The first-order chi connectivity index (χ1) is 11.2. The summed E-state index contributed by atoms with van der Waals surface area (Å²) in [5, 5.41) is 2.88. The maximum absolute atomic E-state index is 13.1. The van der Waals surface area contributed by atoms with Crippen molar-refractivity contribution in [3.8, 4) is 0 Å². The first-order valence-electron chi connectivity index (χ1n) is 7.44. The molecule has 0 aliphatic carbocycles. The lowest BCUT2D eigenvalue weighted by Crippen LogP contribution is -2.25. The summed E-state index contributed by atoms with van der Waals surface area (Å²) in [4.78, 5) is 14.8. The van der Waals surface area contributed by atoms with Crippen LogP contribution in [0, 0.1) is 5.82 Å². The lowest BCUT2D eigenvalue weighted by Gasteiger charge is -2.15. The summed E-state index contributed by atoms with van der Waals surface area (Å²) in [7, 11) is 0. The Bertz CT molecular complexity index is 734. The topological polar surface area (TPSA) is 58.0 Å². The van der Waals surface area contributed by atoms with Crippen molar-refractivity contribution < 1.29 is 13.6 Å². The molecule has 0 radical (unpaired) electrons. The van der Waals surface area contributed by atoms with E-state index in [2.05, 4.69) is 10.3 Å². The van der Waals surface area contributed by atoms with Crippen molar-refractivity contribution in [3.05, 3.63) is 83.8 Å². The lowest BCUT2D eigenvalue weighted by molar-refractivity contribution is 0.0952. The number of hydrogen-bond acceptors (Lipinski definition) is 2. The van der Waals surface area contributed by atoms with Crippen molar-refractivity contribution in [1.82, 2.24) is 10.3 Å². The van der Waals surface area contributed by atoms with Crippen molar-refractivity contribution >= 4 is 5.91 Å². The Morgan fingerprint density at radius 3 is 2.70 bits per heavy atom. The Balaban J connectivity index is 1.67. The molecule has 3 aromatic rings. The minimum atomic E-state index is -0.271. The molecule has 0 unspecified atom stereocenters. The van der Waals surface area contributed by atoms with E-state index in [1.807, 2.05) is 12.1 Å².